The zero-order chi connectivity index (χ0) is 18.0. The van der Waals surface area contributed by atoms with E-state index in [1.807, 2.05) is 16.7 Å². The third-order valence-electron chi connectivity index (χ3n) is 4.58. The Morgan fingerprint density at radius 3 is 2.67 bits per heavy atom. The van der Waals surface area contributed by atoms with Crippen molar-refractivity contribution in [3.05, 3.63) is 0 Å². The van der Waals surface area contributed by atoms with Crippen molar-refractivity contribution in [2.45, 2.75) is 58.2 Å². The third-order valence-corrected chi connectivity index (χ3v) is 5.82. The number of hydrogen-bond donors (Lipinski definition) is 2. The number of aliphatic hydroxyl groups is 1. The SMILES string of the molecule is CCNC(=NCC1(O)CCSC1)N1CC(=O)N(C(C)C)C(C)(C)C1. The molecule has 0 aromatic carbocycles. The van der Waals surface area contributed by atoms with Gasteiger partial charge >= 0.3 is 0 Å². The molecule has 2 fully saturated rings. The molecule has 7 heteroatoms. The summed E-state index contributed by atoms with van der Waals surface area (Å²) in [5.41, 5.74) is -0.954. The second kappa shape index (κ2) is 7.52. The van der Waals surface area contributed by atoms with Gasteiger partial charge in [-0.15, -0.1) is 0 Å². The Bertz CT molecular complexity index is 487. The van der Waals surface area contributed by atoms with Gasteiger partial charge in [-0.2, -0.15) is 11.8 Å². The summed E-state index contributed by atoms with van der Waals surface area (Å²) in [6, 6.07) is 0.186. The molecule has 0 aromatic heterocycles. The molecule has 2 rings (SSSR count). The Hall–Kier alpha value is -0.950. The van der Waals surface area contributed by atoms with Gasteiger partial charge in [0.25, 0.3) is 0 Å². The number of nitrogens with one attached hydrogen (secondary N) is 1. The van der Waals surface area contributed by atoms with Crippen LogP contribution in [-0.4, -0.2) is 81.6 Å². The van der Waals surface area contributed by atoms with Gasteiger partial charge in [-0.1, -0.05) is 0 Å². The fourth-order valence-corrected chi connectivity index (χ4v) is 4.97. The van der Waals surface area contributed by atoms with E-state index in [0.29, 0.717) is 13.1 Å². The van der Waals surface area contributed by atoms with Crippen LogP contribution in [-0.2, 0) is 4.79 Å². The van der Waals surface area contributed by atoms with Crippen LogP contribution < -0.4 is 5.32 Å². The number of thioether (sulfide) groups is 1. The molecule has 2 heterocycles. The summed E-state index contributed by atoms with van der Waals surface area (Å²) in [4.78, 5) is 21.3. The van der Waals surface area contributed by atoms with E-state index in [0.717, 1.165) is 37.0 Å². The minimum atomic E-state index is -0.704. The van der Waals surface area contributed by atoms with Gasteiger partial charge in [-0.25, -0.2) is 0 Å². The highest BCUT2D eigenvalue weighted by Crippen LogP contribution is 2.28. The van der Waals surface area contributed by atoms with Crippen LogP contribution in [0.5, 0.6) is 0 Å². The molecule has 2 aliphatic heterocycles. The minimum absolute atomic E-state index is 0.127. The van der Waals surface area contributed by atoms with Crippen molar-refractivity contribution in [3.63, 3.8) is 0 Å². The molecular weight excluding hydrogens is 324 g/mol. The minimum Gasteiger partial charge on any atom is -0.387 e. The van der Waals surface area contributed by atoms with Crippen molar-refractivity contribution >= 4 is 23.6 Å². The van der Waals surface area contributed by atoms with Crippen molar-refractivity contribution in [1.82, 2.24) is 15.1 Å². The predicted molar refractivity (Wildman–Crippen MR) is 101 cm³/mol. The van der Waals surface area contributed by atoms with Crippen LogP contribution in [0.25, 0.3) is 0 Å². The maximum atomic E-state index is 12.6. The summed E-state index contributed by atoms with van der Waals surface area (Å²) in [6.45, 7) is 12.5. The zero-order valence-electron chi connectivity index (χ0n) is 15.6. The molecule has 1 amide bonds. The highest BCUT2D eigenvalue weighted by atomic mass is 32.2. The van der Waals surface area contributed by atoms with Crippen LogP contribution in [0.4, 0.5) is 0 Å². The normalized spacial score (nSPS) is 28.0. The van der Waals surface area contributed by atoms with E-state index in [2.05, 4.69) is 38.0 Å². The van der Waals surface area contributed by atoms with Crippen molar-refractivity contribution in [2.24, 2.45) is 4.99 Å². The first-order valence-corrected chi connectivity index (χ1v) is 9.99. The van der Waals surface area contributed by atoms with Crippen LogP contribution >= 0.6 is 11.8 Å². The number of rotatable bonds is 4. The Morgan fingerprint density at radius 1 is 1.46 bits per heavy atom. The summed E-state index contributed by atoms with van der Waals surface area (Å²) in [6.07, 6.45) is 0.784. The predicted octanol–water partition coefficient (Wildman–Crippen LogP) is 1.15. The molecule has 1 atom stereocenters. The van der Waals surface area contributed by atoms with Crippen LogP contribution in [0.1, 0.15) is 41.0 Å². The van der Waals surface area contributed by atoms with Crippen LogP contribution in [0.15, 0.2) is 4.99 Å². The molecule has 2 saturated heterocycles. The van der Waals surface area contributed by atoms with Gasteiger partial charge in [0.05, 0.1) is 24.2 Å². The van der Waals surface area contributed by atoms with Crippen LogP contribution in [0, 0.1) is 0 Å². The maximum Gasteiger partial charge on any atom is 0.242 e. The fourth-order valence-electron chi connectivity index (χ4n) is 3.68. The second-order valence-electron chi connectivity index (χ2n) is 7.72. The lowest BCUT2D eigenvalue weighted by Gasteiger charge is -2.49. The molecule has 0 aliphatic carbocycles. The molecule has 1 unspecified atom stereocenters. The lowest BCUT2D eigenvalue weighted by Crippen LogP contribution is -2.66. The topological polar surface area (TPSA) is 68.2 Å². The number of carbonyl (C=O) groups is 1. The second-order valence-corrected chi connectivity index (χ2v) is 8.83. The third kappa shape index (κ3) is 4.36. The standard InChI is InChI=1S/C17H32N4O2S/c1-6-18-15(19-10-17(23)7-8-24-12-17)20-9-14(22)21(13(2)3)16(4,5)11-20/h13,23H,6-12H2,1-5H3,(H,18,19). The molecule has 2 N–H and O–H groups in total. The first-order chi connectivity index (χ1) is 11.2. The van der Waals surface area contributed by atoms with E-state index in [9.17, 15) is 9.90 Å². The lowest BCUT2D eigenvalue weighted by molar-refractivity contribution is -0.145. The zero-order valence-corrected chi connectivity index (χ0v) is 16.4. The van der Waals surface area contributed by atoms with Gasteiger partial charge in [-0.3, -0.25) is 9.79 Å². The number of nitrogens with zero attached hydrogens (tertiary/aromatic N) is 3. The number of piperazine rings is 1. The molecule has 0 saturated carbocycles. The number of amides is 1. The summed E-state index contributed by atoms with van der Waals surface area (Å²) >= 11 is 1.77. The maximum absolute atomic E-state index is 12.6. The van der Waals surface area contributed by atoms with E-state index in [1.165, 1.54) is 0 Å². The van der Waals surface area contributed by atoms with E-state index >= 15 is 0 Å². The summed E-state index contributed by atoms with van der Waals surface area (Å²) < 4.78 is 0. The molecule has 0 bridgehead atoms. The molecule has 0 aromatic rings. The van der Waals surface area contributed by atoms with Crippen LogP contribution in [0.2, 0.25) is 0 Å². The van der Waals surface area contributed by atoms with Gasteiger partial charge < -0.3 is 20.2 Å². The van der Waals surface area contributed by atoms with E-state index in [-0.39, 0.29) is 17.5 Å². The van der Waals surface area contributed by atoms with E-state index < -0.39 is 5.60 Å². The number of hydrogen-bond acceptors (Lipinski definition) is 4. The van der Waals surface area contributed by atoms with Gasteiger partial charge in [0.15, 0.2) is 5.96 Å². The molecular formula is C17H32N4O2S. The quantitative estimate of drug-likeness (QED) is 0.584. The Labute approximate surface area is 150 Å². The molecule has 138 valence electrons. The Kier molecular flexibility index (Phi) is 6.07. The number of guanidine groups is 1. The Balaban J connectivity index is 2.14. The van der Waals surface area contributed by atoms with Gasteiger partial charge in [0, 0.05) is 24.9 Å². The van der Waals surface area contributed by atoms with Crippen molar-refractivity contribution in [3.8, 4) is 0 Å². The first-order valence-electron chi connectivity index (χ1n) is 8.84. The molecule has 0 spiro atoms. The largest absolute Gasteiger partial charge is 0.387 e. The monoisotopic (exact) mass is 356 g/mol. The number of aliphatic imine (C=N–C) groups is 1. The van der Waals surface area contributed by atoms with Crippen LogP contribution in [0.3, 0.4) is 0 Å². The van der Waals surface area contributed by atoms with Crippen molar-refractivity contribution in [2.75, 3.05) is 37.7 Å². The van der Waals surface area contributed by atoms with Crippen molar-refractivity contribution in [1.29, 1.82) is 0 Å². The summed E-state index contributed by atoms with van der Waals surface area (Å²) in [5.74, 6) is 2.58. The molecule has 24 heavy (non-hydrogen) atoms. The average molecular weight is 357 g/mol. The lowest BCUT2D eigenvalue weighted by atomic mass is 9.96. The van der Waals surface area contributed by atoms with E-state index in [1.54, 1.807) is 11.8 Å². The smallest absolute Gasteiger partial charge is 0.242 e. The highest BCUT2D eigenvalue weighted by molar-refractivity contribution is 7.99. The number of carbonyl (C=O) groups excluding carboxylic acids is 1. The van der Waals surface area contributed by atoms with Gasteiger partial charge in [-0.05, 0) is 46.8 Å². The molecule has 6 nitrogen and oxygen atoms in total. The highest BCUT2D eigenvalue weighted by Gasteiger charge is 2.41. The fraction of sp³-hybridized carbons (Fsp3) is 0.882. The summed E-state index contributed by atoms with van der Waals surface area (Å²) in [5, 5.41) is 13.8. The van der Waals surface area contributed by atoms with E-state index in [4.69, 9.17) is 0 Å². The molecule has 2 aliphatic rings. The average Bonchev–Trinajstić information content (AvgIpc) is 2.88. The Morgan fingerprint density at radius 2 is 2.17 bits per heavy atom. The first kappa shape index (κ1) is 19.4. The van der Waals surface area contributed by atoms with Gasteiger partial charge in [0.2, 0.25) is 5.91 Å². The molecule has 0 radical (unpaired) electrons. The summed E-state index contributed by atoms with van der Waals surface area (Å²) in [7, 11) is 0. The van der Waals surface area contributed by atoms with Crippen molar-refractivity contribution < 1.29 is 9.90 Å². The van der Waals surface area contributed by atoms with Gasteiger partial charge in [0.1, 0.15) is 0 Å².